The molecule has 2 aromatic heterocycles. The van der Waals surface area contributed by atoms with E-state index < -0.39 is 0 Å². The number of halogens is 1. The summed E-state index contributed by atoms with van der Waals surface area (Å²) in [6, 6.07) is 3.45. The van der Waals surface area contributed by atoms with Crippen molar-refractivity contribution in [2.24, 2.45) is 7.05 Å². The molecular weight excluding hydrogens is 310 g/mol. The highest BCUT2D eigenvalue weighted by atomic mass is 79.9. The van der Waals surface area contributed by atoms with E-state index in [1.165, 1.54) is 6.20 Å². The summed E-state index contributed by atoms with van der Waals surface area (Å²) in [7, 11) is 1.74. The summed E-state index contributed by atoms with van der Waals surface area (Å²) in [5.74, 6) is 0.172. The van der Waals surface area contributed by atoms with Crippen LogP contribution in [0.5, 0.6) is 0 Å². The Morgan fingerprint density at radius 1 is 1.53 bits per heavy atom. The highest BCUT2D eigenvalue weighted by molar-refractivity contribution is 9.10. The standard InChI is InChI=1S/C12H14BrN5O/c1-3-8-5-10(18(2)17-8)12(19)16-11-9(13)4-7(14)6-15-11/h4-6H,3,14H2,1-2H3,(H,15,16,19). The summed E-state index contributed by atoms with van der Waals surface area (Å²) >= 11 is 3.31. The van der Waals surface area contributed by atoms with Gasteiger partial charge in [0.25, 0.3) is 5.91 Å². The van der Waals surface area contributed by atoms with Crippen molar-refractivity contribution in [1.29, 1.82) is 0 Å². The molecule has 0 bridgehead atoms. The molecule has 0 unspecified atom stereocenters. The van der Waals surface area contributed by atoms with Crippen LogP contribution in [-0.4, -0.2) is 20.7 Å². The van der Waals surface area contributed by atoms with Gasteiger partial charge in [-0.1, -0.05) is 6.92 Å². The van der Waals surface area contributed by atoms with Gasteiger partial charge in [0.2, 0.25) is 0 Å². The Kier molecular flexibility index (Phi) is 3.84. The molecule has 2 rings (SSSR count). The molecule has 1 amide bonds. The molecule has 3 N–H and O–H groups in total. The molecule has 19 heavy (non-hydrogen) atoms. The van der Waals surface area contributed by atoms with Crippen LogP contribution in [0.3, 0.4) is 0 Å². The first-order chi connectivity index (χ1) is 9.01. The molecule has 0 atom stereocenters. The van der Waals surface area contributed by atoms with E-state index in [1.54, 1.807) is 23.9 Å². The first-order valence-electron chi connectivity index (χ1n) is 5.76. The fraction of sp³-hybridized carbons (Fsp3) is 0.250. The van der Waals surface area contributed by atoms with E-state index in [0.717, 1.165) is 12.1 Å². The van der Waals surface area contributed by atoms with Crippen molar-refractivity contribution in [3.05, 3.63) is 34.2 Å². The Labute approximate surface area is 119 Å². The second-order valence-corrected chi connectivity index (χ2v) is 4.91. The van der Waals surface area contributed by atoms with E-state index in [-0.39, 0.29) is 5.91 Å². The molecule has 2 heterocycles. The quantitative estimate of drug-likeness (QED) is 0.904. The lowest BCUT2D eigenvalue weighted by atomic mass is 10.3. The molecular formula is C12H14BrN5O. The van der Waals surface area contributed by atoms with Gasteiger partial charge in [0.05, 0.1) is 22.1 Å². The lowest BCUT2D eigenvalue weighted by molar-refractivity contribution is 0.101. The Morgan fingerprint density at radius 2 is 2.26 bits per heavy atom. The lowest BCUT2D eigenvalue weighted by Crippen LogP contribution is -2.17. The van der Waals surface area contributed by atoms with E-state index >= 15 is 0 Å². The first-order valence-corrected chi connectivity index (χ1v) is 6.56. The number of nitrogen functional groups attached to an aromatic ring is 1. The van der Waals surface area contributed by atoms with Gasteiger partial charge in [-0.15, -0.1) is 0 Å². The second kappa shape index (κ2) is 5.40. The molecule has 0 aliphatic heterocycles. The summed E-state index contributed by atoms with van der Waals surface area (Å²) in [4.78, 5) is 16.2. The van der Waals surface area contributed by atoms with Crippen molar-refractivity contribution in [2.45, 2.75) is 13.3 Å². The van der Waals surface area contributed by atoms with Gasteiger partial charge in [-0.05, 0) is 34.5 Å². The predicted octanol–water partition coefficient (Wildman–Crippen LogP) is 1.97. The summed E-state index contributed by atoms with van der Waals surface area (Å²) in [5.41, 5.74) is 7.48. The second-order valence-electron chi connectivity index (χ2n) is 4.05. The number of amides is 1. The van der Waals surface area contributed by atoms with Gasteiger partial charge in [-0.3, -0.25) is 9.48 Å². The Balaban J connectivity index is 2.23. The maximum atomic E-state index is 12.1. The lowest BCUT2D eigenvalue weighted by Gasteiger charge is -2.06. The summed E-state index contributed by atoms with van der Waals surface area (Å²) in [6.07, 6.45) is 2.27. The zero-order chi connectivity index (χ0) is 14.0. The van der Waals surface area contributed by atoms with Gasteiger partial charge in [-0.2, -0.15) is 5.10 Å². The molecule has 0 saturated heterocycles. The van der Waals surface area contributed by atoms with E-state index in [9.17, 15) is 4.79 Å². The summed E-state index contributed by atoms with van der Waals surface area (Å²) < 4.78 is 2.19. The summed E-state index contributed by atoms with van der Waals surface area (Å²) in [6.45, 7) is 1.99. The first kappa shape index (κ1) is 13.5. The summed E-state index contributed by atoms with van der Waals surface area (Å²) in [5, 5.41) is 6.95. The molecule has 0 saturated carbocycles. The van der Waals surface area contributed by atoms with Crippen molar-refractivity contribution in [2.75, 3.05) is 11.1 Å². The smallest absolute Gasteiger partial charge is 0.275 e. The molecule has 0 aliphatic carbocycles. The van der Waals surface area contributed by atoms with Crippen molar-refractivity contribution >= 4 is 33.3 Å². The number of nitrogens with one attached hydrogen (secondary N) is 1. The number of carbonyl (C=O) groups is 1. The number of aryl methyl sites for hydroxylation is 2. The Bertz CT molecular complexity index is 623. The van der Waals surface area contributed by atoms with E-state index in [1.807, 2.05) is 6.92 Å². The van der Waals surface area contributed by atoms with Crippen molar-refractivity contribution in [3.8, 4) is 0 Å². The van der Waals surface area contributed by atoms with Gasteiger partial charge in [0.1, 0.15) is 11.5 Å². The van der Waals surface area contributed by atoms with E-state index in [2.05, 4.69) is 31.3 Å². The molecule has 6 nitrogen and oxygen atoms in total. The SMILES string of the molecule is CCc1cc(C(=O)Nc2ncc(N)cc2Br)n(C)n1. The van der Waals surface area contributed by atoms with Crippen LogP contribution in [0.25, 0.3) is 0 Å². The van der Waals surface area contributed by atoms with Crippen molar-refractivity contribution in [3.63, 3.8) is 0 Å². The maximum Gasteiger partial charge on any atom is 0.275 e. The molecule has 0 spiro atoms. The van der Waals surface area contributed by atoms with Gasteiger partial charge in [-0.25, -0.2) is 4.98 Å². The molecule has 2 aromatic rings. The van der Waals surface area contributed by atoms with Crippen LogP contribution in [0.2, 0.25) is 0 Å². The fourth-order valence-corrected chi connectivity index (χ4v) is 2.09. The maximum absolute atomic E-state index is 12.1. The third-order valence-corrected chi connectivity index (χ3v) is 3.22. The van der Waals surface area contributed by atoms with E-state index in [4.69, 9.17) is 5.73 Å². The van der Waals surface area contributed by atoms with Crippen LogP contribution in [0.1, 0.15) is 23.1 Å². The van der Waals surface area contributed by atoms with Crippen LogP contribution in [0, 0.1) is 0 Å². The minimum atomic E-state index is -0.257. The van der Waals surface area contributed by atoms with Crippen LogP contribution in [-0.2, 0) is 13.5 Å². The van der Waals surface area contributed by atoms with Gasteiger partial charge >= 0.3 is 0 Å². The molecule has 100 valence electrons. The number of nitrogens with two attached hydrogens (primary N) is 1. The van der Waals surface area contributed by atoms with Crippen molar-refractivity contribution in [1.82, 2.24) is 14.8 Å². The number of nitrogens with zero attached hydrogens (tertiary/aromatic N) is 3. The molecule has 7 heteroatoms. The Morgan fingerprint density at radius 3 is 2.84 bits per heavy atom. The Hall–Kier alpha value is -1.89. The fourth-order valence-electron chi connectivity index (χ4n) is 1.63. The topological polar surface area (TPSA) is 85.8 Å². The van der Waals surface area contributed by atoms with Crippen LogP contribution < -0.4 is 11.1 Å². The average Bonchev–Trinajstić information content (AvgIpc) is 2.74. The third kappa shape index (κ3) is 2.93. The number of hydrogen-bond acceptors (Lipinski definition) is 4. The minimum absolute atomic E-state index is 0.257. The molecule has 0 aromatic carbocycles. The van der Waals surface area contributed by atoms with Crippen LogP contribution in [0.4, 0.5) is 11.5 Å². The van der Waals surface area contributed by atoms with Gasteiger partial charge in [0, 0.05) is 7.05 Å². The van der Waals surface area contributed by atoms with Crippen molar-refractivity contribution < 1.29 is 4.79 Å². The number of anilines is 2. The number of aromatic nitrogens is 3. The molecule has 0 aliphatic rings. The molecule has 0 radical (unpaired) electrons. The zero-order valence-corrected chi connectivity index (χ0v) is 12.2. The van der Waals surface area contributed by atoms with E-state index in [0.29, 0.717) is 21.7 Å². The predicted molar refractivity (Wildman–Crippen MR) is 76.9 cm³/mol. The number of pyridine rings is 1. The van der Waals surface area contributed by atoms with Gasteiger partial charge < -0.3 is 11.1 Å². The van der Waals surface area contributed by atoms with Gasteiger partial charge in [0.15, 0.2) is 0 Å². The average molecular weight is 324 g/mol. The third-order valence-electron chi connectivity index (χ3n) is 2.62. The largest absolute Gasteiger partial charge is 0.397 e. The van der Waals surface area contributed by atoms with Crippen LogP contribution >= 0.6 is 15.9 Å². The minimum Gasteiger partial charge on any atom is -0.397 e. The normalized spacial score (nSPS) is 10.5. The highest BCUT2D eigenvalue weighted by Crippen LogP contribution is 2.22. The highest BCUT2D eigenvalue weighted by Gasteiger charge is 2.14. The zero-order valence-electron chi connectivity index (χ0n) is 10.6. The monoisotopic (exact) mass is 323 g/mol. The molecule has 0 fully saturated rings. The number of rotatable bonds is 3. The number of carbonyl (C=O) groups excluding carboxylic acids is 1. The number of hydrogen-bond donors (Lipinski definition) is 2. The van der Waals surface area contributed by atoms with Crippen LogP contribution in [0.15, 0.2) is 22.8 Å².